The molecule has 2 N–H and O–H groups in total. The lowest BCUT2D eigenvalue weighted by molar-refractivity contribution is -0.386. The molecule has 15 heavy (non-hydrogen) atoms. The van der Waals surface area contributed by atoms with Gasteiger partial charge in [-0.15, -0.1) is 0 Å². The first-order valence-electron chi connectivity index (χ1n) is 3.79. The normalized spacial score (nSPS) is 10.7. The number of nitro groups is 1. The first kappa shape index (κ1) is 11.4. The minimum atomic E-state index is -3.29. The molecule has 0 atom stereocenters. The lowest BCUT2D eigenvalue weighted by Crippen LogP contribution is -2.07. The lowest BCUT2D eigenvalue weighted by Gasteiger charge is -2.04. The molecule has 0 aromatic carbocycles. The number of hydrogen-bond acceptors (Lipinski definition) is 4. The highest BCUT2D eigenvalue weighted by atomic mass is 19.3. The predicted octanol–water partition coefficient (Wildman–Crippen LogP) is 1.53. The highest BCUT2D eigenvalue weighted by molar-refractivity contribution is 5.41. The first-order chi connectivity index (χ1) is 6.97. The Labute approximate surface area is 81.9 Å². The summed E-state index contributed by atoms with van der Waals surface area (Å²) in [6.45, 7) is -0.263. The van der Waals surface area contributed by atoms with Gasteiger partial charge in [0, 0.05) is 12.6 Å². The lowest BCUT2D eigenvalue weighted by atomic mass is 10.2. The van der Waals surface area contributed by atoms with Crippen molar-refractivity contribution in [2.45, 2.75) is 13.0 Å². The van der Waals surface area contributed by atoms with Crippen molar-refractivity contribution in [3.05, 3.63) is 33.4 Å². The van der Waals surface area contributed by atoms with E-state index in [0.29, 0.717) is 0 Å². The molecule has 1 aromatic rings. The van der Waals surface area contributed by atoms with Crippen molar-refractivity contribution in [2.75, 3.05) is 0 Å². The molecule has 0 saturated heterocycles. The molecule has 0 bridgehead atoms. The second-order valence-electron chi connectivity index (χ2n) is 2.60. The molecule has 82 valence electrons. The molecule has 8 heteroatoms. The fourth-order valence-electron chi connectivity index (χ4n) is 1.02. The van der Waals surface area contributed by atoms with Gasteiger partial charge in [0.15, 0.2) is 5.56 Å². The van der Waals surface area contributed by atoms with Gasteiger partial charge in [-0.05, 0) is 0 Å². The molecule has 1 rings (SSSR count). The summed E-state index contributed by atoms with van der Waals surface area (Å²) in [5, 5.41) is 10.4. The molecular formula is C7H6F3N3O2. The van der Waals surface area contributed by atoms with Crippen molar-refractivity contribution >= 4 is 5.69 Å². The van der Waals surface area contributed by atoms with Crippen LogP contribution < -0.4 is 5.73 Å². The summed E-state index contributed by atoms with van der Waals surface area (Å²) in [4.78, 5) is 12.4. The van der Waals surface area contributed by atoms with Gasteiger partial charge in [0.1, 0.15) is 0 Å². The van der Waals surface area contributed by atoms with Crippen LogP contribution in [0, 0.1) is 16.1 Å². The number of hydrogen-bond donors (Lipinski definition) is 1. The molecule has 0 saturated carbocycles. The van der Waals surface area contributed by atoms with E-state index in [1.165, 1.54) is 0 Å². The zero-order valence-corrected chi connectivity index (χ0v) is 7.28. The quantitative estimate of drug-likeness (QED) is 0.476. The number of rotatable bonds is 3. The van der Waals surface area contributed by atoms with Crippen LogP contribution in [0.2, 0.25) is 0 Å². The molecule has 0 fully saturated rings. The molecule has 0 aliphatic carbocycles. The maximum Gasteiger partial charge on any atom is 0.284 e. The van der Waals surface area contributed by atoms with Crippen LogP contribution in [-0.2, 0) is 6.54 Å². The zero-order chi connectivity index (χ0) is 11.6. The van der Waals surface area contributed by atoms with E-state index in [1.807, 2.05) is 0 Å². The van der Waals surface area contributed by atoms with Gasteiger partial charge >= 0.3 is 0 Å². The third-order valence-electron chi connectivity index (χ3n) is 1.67. The molecular weight excluding hydrogens is 215 g/mol. The van der Waals surface area contributed by atoms with Crippen LogP contribution in [0.3, 0.4) is 0 Å². The number of pyridine rings is 1. The molecule has 0 radical (unpaired) electrons. The van der Waals surface area contributed by atoms with Crippen LogP contribution in [-0.4, -0.2) is 9.91 Å². The molecule has 1 aromatic heterocycles. The topological polar surface area (TPSA) is 82.0 Å². The molecule has 0 aliphatic rings. The van der Waals surface area contributed by atoms with E-state index in [1.54, 1.807) is 0 Å². The maximum atomic E-state index is 13.0. The number of nitrogens with two attached hydrogens (primary N) is 1. The third kappa shape index (κ3) is 2.21. The van der Waals surface area contributed by atoms with E-state index < -0.39 is 28.5 Å². The minimum Gasteiger partial charge on any atom is -0.325 e. The fraction of sp³-hybridized carbons (Fsp3) is 0.286. The Bertz CT molecular complexity index is 397. The van der Waals surface area contributed by atoms with Crippen LogP contribution in [0.15, 0.2) is 6.07 Å². The SMILES string of the molecule is NCc1cc([N+](=O)[O-])c(C(F)F)c(F)n1. The molecule has 1 heterocycles. The average molecular weight is 221 g/mol. The van der Waals surface area contributed by atoms with Crippen molar-refractivity contribution in [1.82, 2.24) is 4.98 Å². The summed E-state index contributed by atoms with van der Waals surface area (Å²) in [6, 6.07) is 0.741. The Hall–Kier alpha value is -1.70. The first-order valence-corrected chi connectivity index (χ1v) is 3.79. The number of halogens is 3. The summed E-state index contributed by atoms with van der Waals surface area (Å²) >= 11 is 0. The van der Waals surface area contributed by atoms with Gasteiger partial charge in [0.05, 0.1) is 10.6 Å². The average Bonchev–Trinajstić information content (AvgIpc) is 2.15. The minimum absolute atomic E-state index is 0.149. The van der Waals surface area contributed by atoms with Crippen LogP contribution in [0.4, 0.5) is 18.9 Å². The van der Waals surface area contributed by atoms with Crippen molar-refractivity contribution in [1.29, 1.82) is 0 Å². The number of alkyl halides is 2. The summed E-state index contributed by atoms with van der Waals surface area (Å²) in [7, 11) is 0. The predicted molar refractivity (Wildman–Crippen MR) is 43.7 cm³/mol. The smallest absolute Gasteiger partial charge is 0.284 e. The Balaban J connectivity index is 3.42. The highest BCUT2D eigenvalue weighted by Gasteiger charge is 2.28. The Morgan fingerprint density at radius 1 is 1.60 bits per heavy atom. The third-order valence-corrected chi connectivity index (χ3v) is 1.67. The van der Waals surface area contributed by atoms with Crippen molar-refractivity contribution in [2.24, 2.45) is 5.73 Å². The van der Waals surface area contributed by atoms with Gasteiger partial charge in [-0.25, -0.2) is 13.8 Å². The van der Waals surface area contributed by atoms with Gasteiger partial charge in [-0.3, -0.25) is 10.1 Å². The Morgan fingerprint density at radius 3 is 2.60 bits per heavy atom. The fourth-order valence-corrected chi connectivity index (χ4v) is 1.02. The van der Waals surface area contributed by atoms with Gasteiger partial charge in [-0.2, -0.15) is 4.39 Å². The molecule has 5 nitrogen and oxygen atoms in total. The molecule has 0 aliphatic heterocycles. The van der Waals surface area contributed by atoms with Gasteiger partial charge in [0.25, 0.3) is 12.1 Å². The molecule has 0 unspecified atom stereocenters. The van der Waals surface area contributed by atoms with E-state index in [9.17, 15) is 23.3 Å². The second-order valence-corrected chi connectivity index (χ2v) is 2.60. The van der Waals surface area contributed by atoms with Crippen molar-refractivity contribution in [3.63, 3.8) is 0 Å². The van der Waals surface area contributed by atoms with Crippen LogP contribution in [0.1, 0.15) is 17.7 Å². The Kier molecular flexibility index (Phi) is 3.20. The largest absolute Gasteiger partial charge is 0.325 e. The molecule has 0 spiro atoms. The standard InChI is InChI=1S/C7H6F3N3O2/c8-6(9)5-4(13(14)15)1-3(2-11)12-7(5)10/h1,6H,2,11H2. The van der Waals surface area contributed by atoms with Crippen LogP contribution in [0.5, 0.6) is 0 Å². The van der Waals surface area contributed by atoms with Crippen LogP contribution in [0.25, 0.3) is 0 Å². The van der Waals surface area contributed by atoms with Gasteiger partial charge in [-0.1, -0.05) is 0 Å². The van der Waals surface area contributed by atoms with E-state index in [0.717, 1.165) is 6.07 Å². The number of aromatic nitrogens is 1. The molecule has 0 amide bonds. The second kappa shape index (κ2) is 4.22. The van der Waals surface area contributed by atoms with Gasteiger partial charge in [0.2, 0.25) is 5.95 Å². The van der Waals surface area contributed by atoms with E-state index in [4.69, 9.17) is 5.73 Å². The maximum absolute atomic E-state index is 13.0. The van der Waals surface area contributed by atoms with Gasteiger partial charge < -0.3 is 5.73 Å². The zero-order valence-electron chi connectivity index (χ0n) is 7.28. The van der Waals surface area contributed by atoms with E-state index >= 15 is 0 Å². The van der Waals surface area contributed by atoms with E-state index in [2.05, 4.69) is 4.98 Å². The summed E-state index contributed by atoms with van der Waals surface area (Å²) in [6.07, 6.45) is -3.29. The summed E-state index contributed by atoms with van der Waals surface area (Å²) in [5.41, 5.74) is 2.62. The van der Waals surface area contributed by atoms with E-state index in [-0.39, 0.29) is 12.2 Å². The highest BCUT2D eigenvalue weighted by Crippen LogP contribution is 2.30. The van der Waals surface area contributed by atoms with Crippen molar-refractivity contribution < 1.29 is 18.1 Å². The monoisotopic (exact) mass is 221 g/mol. The summed E-state index contributed by atoms with van der Waals surface area (Å²) < 4.78 is 37.5. The van der Waals surface area contributed by atoms with Crippen molar-refractivity contribution in [3.8, 4) is 0 Å². The number of nitrogens with zero attached hydrogens (tertiary/aromatic N) is 2. The Morgan fingerprint density at radius 2 is 2.20 bits per heavy atom. The summed E-state index contributed by atoms with van der Waals surface area (Å²) in [5.74, 6) is -1.56. The van der Waals surface area contributed by atoms with Crippen LogP contribution >= 0.6 is 0 Å².